The molecule has 2 unspecified atom stereocenters. The van der Waals surface area contributed by atoms with Crippen molar-refractivity contribution in [3.8, 4) is 11.5 Å². The number of carboxylic acids is 1. The first-order valence-electron chi connectivity index (χ1n) is 10.2. The van der Waals surface area contributed by atoms with Crippen molar-refractivity contribution in [2.75, 3.05) is 20.8 Å². The molecule has 1 aliphatic rings. The van der Waals surface area contributed by atoms with Crippen molar-refractivity contribution < 1.29 is 19.4 Å². The number of hydrogen-bond donors (Lipinski definition) is 1. The fourth-order valence-corrected chi connectivity index (χ4v) is 4.40. The molecule has 4 rings (SSSR count). The van der Waals surface area contributed by atoms with Gasteiger partial charge in [0.15, 0.2) is 11.5 Å². The molecule has 2 aromatic carbocycles. The van der Waals surface area contributed by atoms with Crippen LogP contribution in [0.2, 0.25) is 0 Å². The first-order chi connectivity index (χ1) is 14.6. The van der Waals surface area contributed by atoms with Gasteiger partial charge in [0.05, 0.1) is 31.5 Å². The lowest BCUT2D eigenvalue weighted by Crippen LogP contribution is -2.47. The smallest absolute Gasteiger partial charge is 0.320 e. The number of piperidine rings is 1. The fourth-order valence-electron chi connectivity index (χ4n) is 4.40. The van der Waals surface area contributed by atoms with Crippen LogP contribution in [-0.4, -0.2) is 47.8 Å². The van der Waals surface area contributed by atoms with Gasteiger partial charge in [0.1, 0.15) is 6.04 Å². The number of fused-ring (bicyclic) bond motifs is 1. The van der Waals surface area contributed by atoms with Gasteiger partial charge in [-0.05, 0) is 37.6 Å². The summed E-state index contributed by atoms with van der Waals surface area (Å²) < 4.78 is 11.2. The zero-order valence-corrected chi connectivity index (χ0v) is 17.2. The molecular weight excluding hydrogens is 380 g/mol. The topological polar surface area (TPSA) is 71.9 Å². The van der Waals surface area contributed by atoms with E-state index in [4.69, 9.17) is 14.5 Å². The zero-order valence-electron chi connectivity index (χ0n) is 17.2. The van der Waals surface area contributed by atoms with Crippen LogP contribution >= 0.6 is 0 Å². The van der Waals surface area contributed by atoms with Crippen molar-refractivity contribution in [1.29, 1.82) is 0 Å². The van der Waals surface area contributed by atoms with Crippen molar-refractivity contribution >= 4 is 16.9 Å². The number of para-hydroxylation sites is 2. The number of benzene rings is 2. The average Bonchev–Trinajstić information content (AvgIpc) is 2.79. The molecule has 0 spiro atoms. The third-order valence-corrected chi connectivity index (χ3v) is 5.79. The number of rotatable bonds is 6. The van der Waals surface area contributed by atoms with Crippen LogP contribution in [0.4, 0.5) is 0 Å². The van der Waals surface area contributed by atoms with Crippen LogP contribution in [-0.2, 0) is 4.79 Å². The molecule has 6 nitrogen and oxygen atoms in total. The minimum Gasteiger partial charge on any atom is -0.493 e. The van der Waals surface area contributed by atoms with E-state index in [-0.39, 0.29) is 6.04 Å². The van der Waals surface area contributed by atoms with Crippen LogP contribution in [0.5, 0.6) is 11.5 Å². The molecule has 0 aliphatic carbocycles. The molecule has 1 aliphatic heterocycles. The second-order valence-corrected chi connectivity index (χ2v) is 7.50. The molecular formula is C24H26N2O4. The van der Waals surface area contributed by atoms with E-state index >= 15 is 0 Å². The van der Waals surface area contributed by atoms with Crippen LogP contribution in [0.15, 0.2) is 54.6 Å². The molecule has 1 N–H and O–H groups in total. The number of methoxy groups -OCH3 is 2. The van der Waals surface area contributed by atoms with Gasteiger partial charge in [-0.3, -0.25) is 14.7 Å². The molecule has 3 aromatic rings. The number of carboxylic acid groups (broad SMARTS) is 1. The Balaban J connectivity index is 1.92. The van der Waals surface area contributed by atoms with Crippen molar-refractivity contribution in [3.63, 3.8) is 0 Å². The number of hydrogen-bond acceptors (Lipinski definition) is 5. The van der Waals surface area contributed by atoms with Crippen molar-refractivity contribution in [1.82, 2.24) is 9.88 Å². The summed E-state index contributed by atoms with van der Waals surface area (Å²) in [6, 6.07) is 16.8. The summed E-state index contributed by atoms with van der Waals surface area (Å²) in [5, 5.41) is 11.0. The van der Waals surface area contributed by atoms with Gasteiger partial charge in [-0.1, -0.05) is 42.8 Å². The second kappa shape index (κ2) is 8.71. The molecule has 0 saturated carbocycles. The summed E-state index contributed by atoms with van der Waals surface area (Å²) >= 11 is 0. The lowest BCUT2D eigenvalue weighted by Gasteiger charge is -2.39. The lowest BCUT2D eigenvalue weighted by molar-refractivity contribution is -0.145. The normalized spacial score (nSPS) is 18.1. The van der Waals surface area contributed by atoms with Crippen LogP contribution in [0.3, 0.4) is 0 Å². The fraction of sp³-hybridized carbons (Fsp3) is 0.333. The average molecular weight is 406 g/mol. The number of likely N-dealkylation sites (tertiary alicyclic amines) is 1. The van der Waals surface area contributed by atoms with E-state index in [0.29, 0.717) is 24.5 Å². The van der Waals surface area contributed by atoms with Gasteiger partial charge in [-0.15, -0.1) is 0 Å². The van der Waals surface area contributed by atoms with E-state index in [0.717, 1.165) is 35.0 Å². The summed E-state index contributed by atoms with van der Waals surface area (Å²) in [6.07, 6.45) is 2.46. The quantitative estimate of drug-likeness (QED) is 0.659. The monoisotopic (exact) mass is 406 g/mol. The maximum absolute atomic E-state index is 12.1. The molecule has 1 aromatic heterocycles. The third kappa shape index (κ3) is 3.71. The molecule has 0 amide bonds. The molecule has 2 atom stereocenters. The molecule has 0 radical (unpaired) electrons. The number of aromatic nitrogens is 1. The Morgan fingerprint density at radius 3 is 2.67 bits per heavy atom. The first-order valence-corrected chi connectivity index (χ1v) is 10.2. The Labute approximate surface area is 176 Å². The summed E-state index contributed by atoms with van der Waals surface area (Å²) in [5.74, 6) is 0.418. The number of nitrogens with zero attached hydrogens (tertiary/aromatic N) is 2. The highest BCUT2D eigenvalue weighted by atomic mass is 16.5. The molecule has 30 heavy (non-hydrogen) atoms. The minimum atomic E-state index is -0.803. The highest BCUT2D eigenvalue weighted by molar-refractivity contribution is 5.78. The van der Waals surface area contributed by atoms with Gasteiger partial charge >= 0.3 is 5.97 Å². The van der Waals surface area contributed by atoms with Gasteiger partial charge in [0.25, 0.3) is 0 Å². The molecule has 0 bridgehead atoms. The Kier molecular flexibility index (Phi) is 5.86. The molecule has 1 saturated heterocycles. The van der Waals surface area contributed by atoms with E-state index in [1.165, 1.54) is 0 Å². The molecule has 2 heterocycles. The van der Waals surface area contributed by atoms with Gasteiger partial charge < -0.3 is 14.6 Å². The standard InChI is InChI=1S/C24H26N2O4/c1-29-21-12-7-9-17(23(21)30-2)22(26-15-6-5-11-20(26)24(27)28)19-14-13-16-8-3-4-10-18(16)25-19/h3-4,7-10,12-14,20,22H,5-6,11,15H2,1-2H3,(H,27,28). The Bertz CT molecular complexity index is 1050. The summed E-state index contributed by atoms with van der Waals surface area (Å²) in [4.78, 5) is 19.1. The maximum Gasteiger partial charge on any atom is 0.320 e. The maximum atomic E-state index is 12.1. The second-order valence-electron chi connectivity index (χ2n) is 7.50. The predicted octanol–water partition coefficient (Wildman–Crippen LogP) is 4.28. The van der Waals surface area contributed by atoms with Crippen LogP contribution < -0.4 is 9.47 Å². The van der Waals surface area contributed by atoms with Gasteiger partial charge in [-0.25, -0.2) is 0 Å². The number of ether oxygens (including phenoxy) is 2. The van der Waals surface area contributed by atoms with Crippen molar-refractivity contribution in [2.45, 2.75) is 31.3 Å². The first kappa shape index (κ1) is 20.2. The number of pyridine rings is 1. The number of carbonyl (C=O) groups is 1. The molecule has 156 valence electrons. The van der Waals surface area contributed by atoms with Crippen LogP contribution in [0.1, 0.15) is 36.6 Å². The Hall–Kier alpha value is -3.12. The largest absolute Gasteiger partial charge is 0.493 e. The predicted molar refractivity (Wildman–Crippen MR) is 115 cm³/mol. The van der Waals surface area contributed by atoms with E-state index < -0.39 is 12.0 Å². The molecule has 1 fully saturated rings. The van der Waals surface area contributed by atoms with E-state index in [9.17, 15) is 9.90 Å². The van der Waals surface area contributed by atoms with E-state index in [1.54, 1.807) is 14.2 Å². The minimum absolute atomic E-state index is 0.360. The van der Waals surface area contributed by atoms with Gasteiger partial charge in [-0.2, -0.15) is 0 Å². The highest BCUT2D eigenvalue weighted by Gasteiger charge is 2.37. The Morgan fingerprint density at radius 2 is 1.90 bits per heavy atom. The van der Waals surface area contributed by atoms with Crippen LogP contribution in [0.25, 0.3) is 10.9 Å². The highest BCUT2D eigenvalue weighted by Crippen LogP contribution is 2.42. The summed E-state index contributed by atoms with van der Waals surface area (Å²) in [5.41, 5.74) is 2.53. The zero-order chi connectivity index (χ0) is 21.1. The third-order valence-electron chi connectivity index (χ3n) is 5.79. The van der Waals surface area contributed by atoms with Crippen molar-refractivity contribution in [2.24, 2.45) is 0 Å². The summed E-state index contributed by atoms with van der Waals surface area (Å²) in [6.45, 7) is 0.677. The van der Waals surface area contributed by atoms with Gasteiger partial charge in [0, 0.05) is 10.9 Å². The molecule has 6 heteroatoms. The van der Waals surface area contributed by atoms with E-state index in [2.05, 4.69) is 0 Å². The SMILES string of the molecule is COc1cccc(C(c2ccc3ccccc3n2)N2CCCCC2C(=O)O)c1OC. The number of aliphatic carboxylic acids is 1. The van der Waals surface area contributed by atoms with Crippen LogP contribution in [0, 0.1) is 0 Å². The Morgan fingerprint density at radius 1 is 1.07 bits per heavy atom. The van der Waals surface area contributed by atoms with Gasteiger partial charge in [0.2, 0.25) is 0 Å². The van der Waals surface area contributed by atoms with Crippen molar-refractivity contribution in [3.05, 3.63) is 65.9 Å². The lowest BCUT2D eigenvalue weighted by atomic mass is 9.93. The summed E-state index contributed by atoms with van der Waals surface area (Å²) in [7, 11) is 3.21. The van der Waals surface area contributed by atoms with E-state index in [1.807, 2.05) is 59.5 Å².